The van der Waals surface area contributed by atoms with Crippen molar-refractivity contribution in [1.29, 1.82) is 5.26 Å². The molecule has 1 atom stereocenters. The molecule has 1 fully saturated rings. The summed E-state index contributed by atoms with van der Waals surface area (Å²) >= 11 is 0. The SMILES string of the molecule is N#Cc1cc(-c2cccc(C(=O)NCC3(O)CCCNC3)c2)ccc1F. The fraction of sp³-hybridized carbons (Fsp3) is 0.300. The molecule has 0 aromatic heterocycles. The molecular weight excluding hydrogens is 333 g/mol. The molecule has 0 saturated carbocycles. The molecule has 134 valence electrons. The van der Waals surface area contributed by atoms with Gasteiger partial charge in [-0.05, 0) is 54.8 Å². The highest BCUT2D eigenvalue weighted by atomic mass is 19.1. The lowest BCUT2D eigenvalue weighted by Gasteiger charge is -2.32. The average molecular weight is 353 g/mol. The first-order valence-corrected chi connectivity index (χ1v) is 8.52. The topological polar surface area (TPSA) is 85.2 Å². The minimum absolute atomic E-state index is 0.0376. The van der Waals surface area contributed by atoms with Crippen molar-refractivity contribution in [2.45, 2.75) is 18.4 Å². The van der Waals surface area contributed by atoms with Crippen LogP contribution in [0.3, 0.4) is 0 Å². The number of benzene rings is 2. The van der Waals surface area contributed by atoms with Crippen molar-refractivity contribution in [3.8, 4) is 17.2 Å². The fourth-order valence-corrected chi connectivity index (χ4v) is 3.08. The second-order valence-electron chi connectivity index (χ2n) is 6.57. The van der Waals surface area contributed by atoms with Crippen LogP contribution in [0.5, 0.6) is 0 Å². The first-order chi connectivity index (χ1) is 12.5. The Morgan fingerprint density at radius 3 is 2.85 bits per heavy atom. The van der Waals surface area contributed by atoms with E-state index < -0.39 is 11.4 Å². The van der Waals surface area contributed by atoms with Gasteiger partial charge in [0.15, 0.2) is 0 Å². The third-order valence-electron chi connectivity index (χ3n) is 4.57. The van der Waals surface area contributed by atoms with E-state index in [1.54, 1.807) is 30.3 Å². The number of β-amino-alcohol motifs (C(OH)–C–C–N with tert-alkyl or cyclic N) is 1. The quantitative estimate of drug-likeness (QED) is 0.787. The first kappa shape index (κ1) is 18.1. The van der Waals surface area contributed by atoms with Crippen LogP contribution in [0.2, 0.25) is 0 Å². The highest BCUT2D eigenvalue weighted by Crippen LogP contribution is 2.23. The van der Waals surface area contributed by atoms with Crippen molar-refractivity contribution in [3.63, 3.8) is 0 Å². The standard InChI is InChI=1S/C20H20FN3O2/c21-18-6-5-15(10-17(18)11-22)14-3-1-4-16(9-14)19(25)24-13-20(26)7-2-8-23-12-20/h1,3-6,9-10,23,26H,2,7-8,12-13H2,(H,24,25). The number of hydrogen-bond donors (Lipinski definition) is 3. The van der Waals surface area contributed by atoms with Crippen LogP contribution in [-0.2, 0) is 0 Å². The van der Waals surface area contributed by atoms with Gasteiger partial charge in [0.05, 0.1) is 11.2 Å². The maximum Gasteiger partial charge on any atom is 0.251 e. The van der Waals surface area contributed by atoms with Gasteiger partial charge in [0.1, 0.15) is 11.9 Å². The Kier molecular flexibility index (Phi) is 5.31. The van der Waals surface area contributed by atoms with Gasteiger partial charge in [-0.1, -0.05) is 18.2 Å². The molecule has 3 N–H and O–H groups in total. The summed E-state index contributed by atoms with van der Waals surface area (Å²) < 4.78 is 13.5. The van der Waals surface area contributed by atoms with Gasteiger partial charge in [-0.2, -0.15) is 5.26 Å². The van der Waals surface area contributed by atoms with Gasteiger partial charge in [-0.3, -0.25) is 4.79 Å². The van der Waals surface area contributed by atoms with Gasteiger partial charge < -0.3 is 15.7 Å². The van der Waals surface area contributed by atoms with E-state index >= 15 is 0 Å². The predicted octanol–water partition coefficient (Wildman–Crippen LogP) is 2.21. The van der Waals surface area contributed by atoms with E-state index in [9.17, 15) is 14.3 Å². The van der Waals surface area contributed by atoms with Crippen LogP contribution in [0.15, 0.2) is 42.5 Å². The smallest absolute Gasteiger partial charge is 0.251 e. The molecule has 5 nitrogen and oxygen atoms in total. The Morgan fingerprint density at radius 2 is 2.12 bits per heavy atom. The van der Waals surface area contributed by atoms with E-state index in [0.29, 0.717) is 29.7 Å². The summed E-state index contributed by atoms with van der Waals surface area (Å²) in [6.07, 6.45) is 1.51. The number of nitrogens with one attached hydrogen (secondary N) is 2. The van der Waals surface area contributed by atoms with Crippen molar-refractivity contribution in [2.24, 2.45) is 0 Å². The second-order valence-corrected chi connectivity index (χ2v) is 6.57. The Morgan fingerprint density at radius 1 is 1.31 bits per heavy atom. The number of nitrogens with zero attached hydrogens (tertiary/aromatic N) is 1. The van der Waals surface area contributed by atoms with Crippen molar-refractivity contribution >= 4 is 5.91 Å². The Hall–Kier alpha value is -2.75. The summed E-state index contributed by atoms with van der Waals surface area (Å²) in [4.78, 5) is 12.4. The lowest BCUT2D eigenvalue weighted by atomic mass is 9.94. The summed E-state index contributed by atoms with van der Waals surface area (Å²) in [5, 5.41) is 25.3. The number of aliphatic hydroxyl groups is 1. The zero-order chi connectivity index (χ0) is 18.6. The minimum Gasteiger partial charge on any atom is -0.387 e. The molecule has 1 aliphatic rings. The number of rotatable bonds is 4. The molecule has 1 amide bonds. The van der Waals surface area contributed by atoms with E-state index in [2.05, 4.69) is 10.6 Å². The van der Waals surface area contributed by atoms with Gasteiger partial charge in [-0.25, -0.2) is 4.39 Å². The summed E-state index contributed by atoms with van der Waals surface area (Å²) in [6.45, 7) is 1.51. The number of nitriles is 1. The zero-order valence-corrected chi connectivity index (χ0v) is 14.3. The average Bonchev–Trinajstić information content (AvgIpc) is 2.67. The van der Waals surface area contributed by atoms with Crippen molar-refractivity contribution in [1.82, 2.24) is 10.6 Å². The van der Waals surface area contributed by atoms with Crippen LogP contribution >= 0.6 is 0 Å². The summed E-state index contributed by atoms with van der Waals surface area (Å²) in [5.41, 5.74) is 0.853. The zero-order valence-electron chi connectivity index (χ0n) is 14.3. The molecular formula is C20H20FN3O2. The van der Waals surface area contributed by atoms with E-state index in [4.69, 9.17) is 5.26 Å². The molecule has 0 bridgehead atoms. The molecule has 3 rings (SSSR count). The highest BCUT2D eigenvalue weighted by molar-refractivity contribution is 5.95. The third-order valence-corrected chi connectivity index (χ3v) is 4.57. The van der Waals surface area contributed by atoms with Gasteiger partial charge in [-0.15, -0.1) is 0 Å². The Balaban J connectivity index is 1.74. The highest BCUT2D eigenvalue weighted by Gasteiger charge is 2.29. The maximum atomic E-state index is 13.5. The van der Waals surface area contributed by atoms with E-state index in [1.165, 1.54) is 12.1 Å². The van der Waals surface area contributed by atoms with E-state index in [1.807, 2.05) is 6.07 Å². The molecule has 0 spiro atoms. The van der Waals surface area contributed by atoms with Gasteiger partial charge in [0, 0.05) is 18.7 Å². The van der Waals surface area contributed by atoms with Crippen molar-refractivity contribution < 1.29 is 14.3 Å². The Labute approximate surface area is 151 Å². The fourth-order valence-electron chi connectivity index (χ4n) is 3.08. The summed E-state index contributed by atoms with van der Waals surface area (Å²) in [6, 6.07) is 13.0. The van der Waals surface area contributed by atoms with Crippen LogP contribution in [0.25, 0.3) is 11.1 Å². The van der Waals surface area contributed by atoms with Crippen LogP contribution in [0.4, 0.5) is 4.39 Å². The molecule has 0 aliphatic carbocycles. The molecule has 1 aliphatic heterocycles. The van der Waals surface area contributed by atoms with Crippen LogP contribution < -0.4 is 10.6 Å². The molecule has 0 radical (unpaired) electrons. The third kappa shape index (κ3) is 4.07. The molecule has 26 heavy (non-hydrogen) atoms. The molecule has 6 heteroatoms. The van der Waals surface area contributed by atoms with Gasteiger partial charge in [0.2, 0.25) is 0 Å². The van der Waals surface area contributed by atoms with E-state index in [-0.39, 0.29) is 18.0 Å². The molecule has 1 saturated heterocycles. The van der Waals surface area contributed by atoms with Crippen molar-refractivity contribution in [2.75, 3.05) is 19.6 Å². The van der Waals surface area contributed by atoms with Crippen molar-refractivity contribution in [3.05, 3.63) is 59.4 Å². The number of halogens is 1. The minimum atomic E-state index is -0.926. The van der Waals surface area contributed by atoms with Crippen LogP contribution in [0, 0.1) is 17.1 Å². The predicted molar refractivity (Wildman–Crippen MR) is 95.9 cm³/mol. The second kappa shape index (κ2) is 7.65. The first-order valence-electron chi connectivity index (χ1n) is 8.52. The number of piperidine rings is 1. The van der Waals surface area contributed by atoms with E-state index in [0.717, 1.165) is 13.0 Å². The summed E-state index contributed by atoms with van der Waals surface area (Å²) in [5.74, 6) is -0.854. The number of hydrogen-bond acceptors (Lipinski definition) is 4. The van der Waals surface area contributed by atoms with Crippen LogP contribution in [-0.4, -0.2) is 36.2 Å². The molecule has 1 unspecified atom stereocenters. The number of carbonyl (C=O) groups is 1. The molecule has 2 aromatic rings. The summed E-state index contributed by atoms with van der Waals surface area (Å²) in [7, 11) is 0. The Bertz CT molecular complexity index is 854. The van der Waals surface area contributed by atoms with Crippen LogP contribution in [0.1, 0.15) is 28.8 Å². The number of carbonyl (C=O) groups excluding carboxylic acids is 1. The van der Waals surface area contributed by atoms with Gasteiger partial charge >= 0.3 is 0 Å². The maximum absolute atomic E-state index is 13.5. The lowest BCUT2D eigenvalue weighted by Crippen LogP contribution is -2.52. The van der Waals surface area contributed by atoms with Gasteiger partial charge in [0.25, 0.3) is 5.91 Å². The lowest BCUT2D eigenvalue weighted by molar-refractivity contribution is 0.0170. The monoisotopic (exact) mass is 353 g/mol. The molecule has 2 aromatic carbocycles. The number of amides is 1. The largest absolute Gasteiger partial charge is 0.387 e. The normalized spacial score (nSPS) is 19.6. The molecule has 1 heterocycles.